The number of amides is 1. The summed E-state index contributed by atoms with van der Waals surface area (Å²) < 4.78 is 15.1. The Morgan fingerprint density at radius 3 is 2.79 bits per heavy atom. The van der Waals surface area contributed by atoms with Gasteiger partial charge in [-0.3, -0.25) is 4.79 Å². The lowest BCUT2D eigenvalue weighted by atomic mass is 10.2. The molecule has 4 heterocycles. The Bertz CT molecular complexity index is 1200. The van der Waals surface area contributed by atoms with Crippen LogP contribution in [0.15, 0.2) is 21.9 Å². The summed E-state index contributed by atoms with van der Waals surface area (Å²) in [6.07, 6.45) is 3.74. The molecule has 9 nitrogen and oxygen atoms in total. The zero-order chi connectivity index (χ0) is 23.5. The average molecular weight is 469 g/mol. The predicted octanol–water partition coefficient (Wildman–Crippen LogP) is 4.07. The van der Waals surface area contributed by atoms with E-state index in [1.807, 2.05) is 42.9 Å². The molecule has 1 aliphatic heterocycles. The first-order valence-corrected chi connectivity index (χ1v) is 12.0. The lowest BCUT2D eigenvalue weighted by Gasteiger charge is -2.16. The highest BCUT2D eigenvalue weighted by Crippen LogP contribution is 2.30. The third kappa shape index (κ3) is 4.56. The van der Waals surface area contributed by atoms with Gasteiger partial charge in [0.05, 0.1) is 35.8 Å². The van der Waals surface area contributed by atoms with Gasteiger partial charge >= 0.3 is 0 Å². The monoisotopic (exact) mass is 468 g/mol. The predicted molar refractivity (Wildman–Crippen MR) is 125 cm³/mol. The molecule has 33 heavy (non-hydrogen) atoms. The van der Waals surface area contributed by atoms with E-state index < -0.39 is 0 Å². The van der Waals surface area contributed by atoms with Gasteiger partial charge in [0.1, 0.15) is 17.6 Å². The van der Waals surface area contributed by atoms with Gasteiger partial charge in [0, 0.05) is 18.8 Å². The molecule has 0 saturated carbocycles. The van der Waals surface area contributed by atoms with Crippen LogP contribution in [0.5, 0.6) is 0 Å². The summed E-state index contributed by atoms with van der Waals surface area (Å²) in [7, 11) is 0. The molecule has 3 aromatic rings. The third-order valence-electron chi connectivity index (χ3n) is 6.07. The number of anilines is 1. The molecule has 10 heteroatoms. The molecule has 1 amide bonds. The lowest BCUT2D eigenvalue weighted by molar-refractivity contribution is -0.113. The lowest BCUT2D eigenvalue weighted by Crippen LogP contribution is -2.22. The van der Waals surface area contributed by atoms with Crippen LogP contribution in [0.2, 0.25) is 0 Å². The molecule has 1 N–H and O–H groups in total. The number of hydrogen-bond donors (Lipinski definition) is 1. The maximum absolute atomic E-state index is 12.9. The van der Waals surface area contributed by atoms with Gasteiger partial charge in [0.2, 0.25) is 5.91 Å². The number of hydrogen-bond acceptors (Lipinski definition) is 7. The van der Waals surface area contributed by atoms with E-state index in [0.717, 1.165) is 47.9 Å². The van der Waals surface area contributed by atoms with E-state index >= 15 is 0 Å². The fourth-order valence-electron chi connectivity index (χ4n) is 4.15. The van der Waals surface area contributed by atoms with Gasteiger partial charge in [-0.1, -0.05) is 11.8 Å². The largest absolute Gasteiger partial charge is 0.469 e. The molecule has 4 rings (SSSR count). The number of aromatic nitrogens is 4. The zero-order valence-electron chi connectivity index (χ0n) is 19.3. The number of ether oxygens (including phenoxy) is 1. The van der Waals surface area contributed by atoms with Crippen molar-refractivity contribution in [2.75, 3.05) is 17.7 Å². The SMILES string of the molecule is CCn1c(SCC(=O)Nc2c(C#N)c(C)c(C)n2C[C@@H]2CCCO2)nnc1-c1ccoc1C. The zero-order valence-corrected chi connectivity index (χ0v) is 20.2. The first-order chi connectivity index (χ1) is 15.9. The van der Waals surface area contributed by atoms with Crippen molar-refractivity contribution in [3.8, 4) is 17.5 Å². The van der Waals surface area contributed by atoms with Crippen LogP contribution in [0, 0.1) is 32.1 Å². The number of rotatable bonds is 8. The number of furan rings is 1. The fourth-order valence-corrected chi connectivity index (χ4v) is 4.95. The molecule has 0 aliphatic carbocycles. The Hall–Kier alpha value is -3.03. The van der Waals surface area contributed by atoms with Gasteiger partial charge in [-0.25, -0.2) is 0 Å². The summed E-state index contributed by atoms with van der Waals surface area (Å²) in [5, 5.41) is 21.9. The number of carbonyl (C=O) groups excluding carboxylic acids is 1. The maximum atomic E-state index is 12.9. The van der Waals surface area contributed by atoms with Crippen molar-refractivity contribution in [1.82, 2.24) is 19.3 Å². The number of nitrogens with zero attached hydrogens (tertiary/aromatic N) is 5. The fraction of sp³-hybridized carbons (Fsp3) is 0.478. The van der Waals surface area contributed by atoms with E-state index in [-0.39, 0.29) is 17.8 Å². The van der Waals surface area contributed by atoms with Crippen LogP contribution >= 0.6 is 11.8 Å². The van der Waals surface area contributed by atoms with Crippen LogP contribution in [0.25, 0.3) is 11.4 Å². The Kier molecular flexibility index (Phi) is 6.91. The third-order valence-corrected chi connectivity index (χ3v) is 7.04. The smallest absolute Gasteiger partial charge is 0.235 e. The second-order valence-electron chi connectivity index (χ2n) is 8.07. The minimum Gasteiger partial charge on any atom is -0.469 e. The van der Waals surface area contributed by atoms with Crippen LogP contribution < -0.4 is 5.32 Å². The number of carbonyl (C=O) groups is 1. The van der Waals surface area contributed by atoms with Gasteiger partial charge in [-0.2, -0.15) is 5.26 Å². The Morgan fingerprint density at radius 1 is 1.33 bits per heavy atom. The van der Waals surface area contributed by atoms with Gasteiger partial charge in [-0.05, 0) is 52.2 Å². The molecule has 1 saturated heterocycles. The van der Waals surface area contributed by atoms with E-state index in [4.69, 9.17) is 9.15 Å². The second kappa shape index (κ2) is 9.85. The van der Waals surface area contributed by atoms with Crippen LogP contribution in [-0.2, 0) is 22.6 Å². The summed E-state index contributed by atoms with van der Waals surface area (Å²) >= 11 is 1.32. The van der Waals surface area contributed by atoms with Crippen molar-refractivity contribution in [2.24, 2.45) is 0 Å². The molecule has 174 valence electrons. The van der Waals surface area contributed by atoms with Gasteiger partial charge in [-0.15, -0.1) is 10.2 Å². The van der Waals surface area contributed by atoms with Crippen LogP contribution in [0.3, 0.4) is 0 Å². The first-order valence-electron chi connectivity index (χ1n) is 11.1. The van der Waals surface area contributed by atoms with E-state index in [1.165, 1.54) is 11.8 Å². The quantitative estimate of drug-likeness (QED) is 0.496. The summed E-state index contributed by atoms with van der Waals surface area (Å²) in [6, 6.07) is 4.12. The molecule has 0 bridgehead atoms. The Labute approximate surface area is 197 Å². The van der Waals surface area contributed by atoms with E-state index in [9.17, 15) is 10.1 Å². The van der Waals surface area contributed by atoms with Crippen molar-refractivity contribution in [2.45, 2.75) is 64.9 Å². The molecule has 0 aromatic carbocycles. The van der Waals surface area contributed by atoms with Gasteiger partial charge in [0.15, 0.2) is 11.0 Å². The van der Waals surface area contributed by atoms with Crippen molar-refractivity contribution in [3.05, 3.63) is 34.9 Å². The van der Waals surface area contributed by atoms with Gasteiger partial charge in [0.25, 0.3) is 0 Å². The standard InChI is InChI=1S/C23H28N6O3S/c1-5-28-22(18-8-10-31-16(18)4)26-27-23(28)33-13-20(30)25-21-19(11-24)14(2)15(3)29(21)12-17-7-6-9-32-17/h8,10,17H,5-7,9,12-13H2,1-4H3,(H,25,30)/t17-/m0/s1. The van der Waals surface area contributed by atoms with Crippen LogP contribution in [0.4, 0.5) is 5.82 Å². The van der Waals surface area contributed by atoms with Gasteiger partial charge < -0.3 is 23.6 Å². The van der Waals surface area contributed by atoms with E-state index in [0.29, 0.717) is 29.6 Å². The molecular formula is C23H28N6O3S. The molecule has 0 radical (unpaired) electrons. The number of nitrogens with one attached hydrogen (secondary N) is 1. The Balaban J connectivity index is 1.50. The first kappa shape index (κ1) is 23.1. The second-order valence-corrected chi connectivity index (χ2v) is 9.01. The maximum Gasteiger partial charge on any atom is 0.235 e. The molecular weight excluding hydrogens is 440 g/mol. The minimum absolute atomic E-state index is 0.0972. The van der Waals surface area contributed by atoms with E-state index in [1.54, 1.807) is 6.26 Å². The summed E-state index contributed by atoms with van der Waals surface area (Å²) in [5.74, 6) is 1.98. The topological polar surface area (TPSA) is 111 Å². The normalized spacial score (nSPS) is 15.7. The van der Waals surface area contributed by atoms with Crippen molar-refractivity contribution >= 4 is 23.5 Å². The molecule has 0 spiro atoms. The van der Waals surface area contributed by atoms with E-state index in [2.05, 4.69) is 21.6 Å². The highest BCUT2D eigenvalue weighted by Gasteiger charge is 2.24. The van der Waals surface area contributed by atoms with Crippen LogP contribution in [-0.4, -0.2) is 43.7 Å². The summed E-state index contributed by atoms with van der Waals surface area (Å²) in [6.45, 7) is 9.81. The highest BCUT2D eigenvalue weighted by molar-refractivity contribution is 7.99. The van der Waals surface area contributed by atoms with Crippen molar-refractivity contribution in [3.63, 3.8) is 0 Å². The highest BCUT2D eigenvalue weighted by atomic mass is 32.2. The Morgan fingerprint density at radius 2 is 2.15 bits per heavy atom. The van der Waals surface area contributed by atoms with Crippen LogP contribution in [0.1, 0.15) is 42.3 Å². The molecule has 1 atom stereocenters. The molecule has 0 unspecified atom stereocenters. The number of aryl methyl sites for hydroxylation is 1. The average Bonchev–Trinajstić information content (AvgIpc) is 3.58. The molecule has 1 aliphatic rings. The number of thioether (sulfide) groups is 1. The van der Waals surface area contributed by atoms with Crippen molar-refractivity contribution in [1.29, 1.82) is 5.26 Å². The minimum atomic E-state index is -0.200. The van der Waals surface area contributed by atoms with Crippen molar-refractivity contribution < 1.29 is 13.9 Å². The molecule has 3 aromatic heterocycles. The number of nitriles is 1. The molecule has 1 fully saturated rings. The summed E-state index contributed by atoms with van der Waals surface area (Å²) in [4.78, 5) is 12.9. The summed E-state index contributed by atoms with van der Waals surface area (Å²) in [5.41, 5.74) is 3.23.